The minimum absolute atomic E-state index is 0.106. The zero-order valence-electron chi connectivity index (χ0n) is 15.2. The van der Waals surface area contributed by atoms with Crippen LogP contribution in [0.5, 0.6) is 5.75 Å². The van der Waals surface area contributed by atoms with E-state index in [2.05, 4.69) is 0 Å². The van der Waals surface area contributed by atoms with Crippen molar-refractivity contribution < 1.29 is 28.6 Å². The fraction of sp³-hybridized carbons (Fsp3) is 0.368. The highest BCUT2D eigenvalue weighted by Crippen LogP contribution is 2.23. The van der Waals surface area contributed by atoms with Crippen molar-refractivity contribution in [1.82, 2.24) is 0 Å². The molecule has 26 heavy (non-hydrogen) atoms. The normalized spacial score (nSPS) is 11.9. The van der Waals surface area contributed by atoms with Crippen LogP contribution < -0.4 is 4.74 Å². The van der Waals surface area contributed by atoms with Crippen LogP contribution in [0.4, 0.5) is 0 Å². The molecule has 0 amide bonds. The van der Waals surface area contributed by atoms with E-state index in [4.69, 9.17) is 19.5 Å². The maximum absolute atomic E-state index is 12.3. The van der Waals surface area contributed by atoms with Gasteiger partial charge < -0.3 is 14.2 Å². The summed E-state index contributed by atoms with van der Waals surface area (Å²) in [5, 5.41) is 8.93. The molecule has 0 aliphatic heterocycles. The smallest absolute Gasteiger partial charge is 0.342 e. The van der Waals surface area contributed by atoms with E-state index in [1.807, 2.05) is 6.07 Å². The molecule has 1 aromatic rings. The van der Waals surface area contributed by atoms with Gasteiger partial charge in [-0.3, -0.25) is 9.59 Å². The number of Topliss-reactive ketones (excluding diaryl/α,β-unsaturated/α-hetero) is 1. The molecule has 1 rings (SSSR count). The quantitative estimate of drug-likeness (QED) is 0.304. The van der Waals surface area contributed by atoms with E-state index >= 15 is 0 Å². The van der Waals surface area contributed by atoms with E-state index < -0.39 is 23.8 Å². The van der Waals surface area contributed by atoms with Crippen molar-refractivity contribution in [3.8, 4) is 11.8 Å². The molecule has 0 spiro atoms. The SMILES string of the molecule is CCOC(=O)C[C@@H](C)OC(=O)C(=Cc1ccc(C#N)cc1OC)C(C)=O. The third-order valence-electron chi connectivity index (χ3n) is 3.33. The molecule has 7 heteroatoms. The van der Waals surface area contributed by atoms with Gasteiger partial charge in [-0.2, -0.15) is 5.26 Å². The molecule has 0 aliphatic rings. The first kappa shape index (κ1) is 20.9. The van der Waals surface area contributed by atoms with Crippen LogP contribution in [0.15, 0.2) is 23.8 Å². The zero-order valence-corrected chi connectivity index (χ0v) is 15.2. The second-order valence-electron chi connectivity index (χ2n) is 5.41. The first-order valence-electron chi connectivity index (χ1n) is 7.99. The lowest BCUT2D eigenvalue weighted by molar-refractivity contribution is -0.151. The Morgan fingerprint density at radius 2 is 2.00 bits per heavy atom. The second-order valence-corrected chi connectivity index (χ2v) is 5.41. The third-order valence-corrected chi connectivity index (χ3v) is 3.33. The van der Waals surface area contributed by atoms with E-state index in [1.165, 1.54) is 33.1 Å². The Morgan fingerprint density at radius 3 is 2.54 bits per heavy atom. The van der Waals surface area contributed by atoms with Crippen LogP contribution in [0, 0.1) is 11.3 Å². The molecule has 0 saturated carbocycles. The highest BCUT2D eigenvalue weighted by Gasteiger charge is 2.21. The molecule has 0 saturated heterocycles. The summed E-state index contributed by atoms with van der Waals surface area (Å²) in [6.07, 6.45) is 0.485. The molecule has 0 unspecified atom stereocenters. The van der Waals surface area contributed by atoms with Crippen molar-refractivity contribution in [1.29, 1.82) is 5.26 Å². The molecule has 0 aliphatic carbocycles. The van der Waals surface area contributed by atoms with E-state index in [9.17, 15) is 14.4 Å². The number of nitriles is 1. The molecule has 0 N–H and O–H groups in total. The van der Waals surface area contributed by atoms with Gasteiger partial charge in [0.2, 0.25) is 0 Å². The van der Waals surface area contributed by atoms with Gasteiger partial charge in [-0.15, -0.1) is 0 Å². The average molecular weight is 359 g/mol. The Bertz CT molecular complexity index is 760. The number of ketones is 1. The Morgan fingerprint density at radius 1 is 1.31 bits per heavy atom. The van der Waals surface area contributed by atoms with Gasteiger partial charge in [0, 0.05) is 5.56 Å². The number of rotatable bonds is 8. The number of nitrogens with zero attached hydrogens (tertiary/aromatic N) is 1. The molecule has 0 fully saturated rings. The lowest BCUT2D eigenvalue weighted by Crippen LogP contribution is -2.23. The molecular formula is C19H21NO6. The highest BCUT2D eigenvalue weighted by atomic mass is 16.6. The molecule has 0 bridgehead atoms. The molecule has 0 heterocycles. The fourth-order valence-electron chi connectivity index (χ4n) is 2.10. The predicted octanol–water partition coefficient (Wildman–Crippen LogP) is 2.42. The van der Waals surface area contributed by atoms with Crippen molar-refractivity contribution >= 4 is 23.8 Å². The Hall–Kier alpha value is -3.14. The number of ether oxygens (including phenoxy) is 3. The lowest BCUT2D eigenvalue weighted by Gasteiger charge is -2.13. The zero-order chi connectivity index (χ0) is 19.7. The summed E-state index contributed by atoms with van der Waals surface area (Å²) >= 11 is 0. The van der Waals surface area contributed by atoms with E-state index in [0.717, 1.165) is 0 Å². The topological polar surface area (TPSA) is 103 Å². The Labute approximate surface area is 152 Å². The lowest BCUT2D eigenvalue weighted by atomic mass is 10.1. The van der Waals surface area contributed by atoms with Crippen LogP contribution in [0.25, 0.3) is 6.08 Å². The van der Waals surface area contributed by atoms with Gasteiger partial charge in [0.1, 0.15) is 17.4 Å². The summed E-state index contributed by atoms with van der Waals surface area (Å²) in [6, 6.07) is 6.59. The molecular weight excluding hydrogens is 338 g/mol. The van der Waals surface area contributed by atoms with Crippen molar-refractivity contribution in [3.63, 3.8) is 0 Å². The highest BCUT2D eigenvalue weighted by molar-refractivity contribution is 6.20. The van der Waals surface area contributed by atoms with Crippen LogP contribution in [0.2, 0.25) is 0 Å². The summed E-state index contributed by atoms with van der Waals surface area (Å²) in [6.45, 7) is 4.68. The van der Waals surface area contributed by atoms with Crippen LogP contribution >= 0.6 is 0 Å². The van der Waals surface area contributed by atoms with Crippen molar-refractivity contribution in [3.05, 3.63) is 34.9 Å². The summed E-state index contributed by atoms with van der Waals surface area (Å²) in [7, 11) is 1.42. The van der Waals surface area contributed by atoms with Gasteiger partial charge in [-0.05, 0) is 45.0 Å². The van der Waals surface area contributed by atoms with Crippen molar-refractivity contribution in [2.24, 2.45) is 0 Å². The molecule has 1 atom stereocenters. The number of hydrogen-bond donors (Lipinski definition) is 0. The third kappa shape index (κ3) is 6.06. The number of hydrogen-bond acceptors (Lipinski definition) is 7. The van der Waals surface area contributed by atoms with Crippen molar-refractivity contribution in [2.75, 3.05) is 13.7 Å². The van der Waals surface area contributed by atoms with E-state index in [-0.39, 0.29) is 18.6 Å². The van der Waals surface area contributed by atoms with Crippen LogP contribution in [0.3, 0.4) is 0 Å². The monoisotopic (exact) mass is 359 g/mol. The standard InChI is InChI=1S/C19H21NO6/c1-5-25-18(22)8-12(2)26-19(23)16(13(3)21)10-15-7-6-14(11-20)9-17(15)24-4/h6-7,9-10,12H,5,8H2,1-4H3/t12-/m1/s1. The molecule has 138 valence electrons. The van der Waals surface area contributed by atoms with Crippen LogP contribution in [0.1, 0.15) is 38.3 Å². The maximum Gasteiger partial charge on any atom is 0.342 e. The average Bonchev–Trinajstić information content (AvgIpc) is 2.58. The van der Waals surface area contributed by atoms with E-state index in [1.54, 1.807) is 19.1 Å². The van der Waals surface area contributed by atoms with Gasteiger partial charge in [-0.25, -0.2) is 4.79 Å². The van der Waals surface area contributed by atoms with Gasteiger partial charge in [-0.1, -0.05) is 0 Å². The number of carbonyl (C=O) groups is 3. The Balaban J connectivity index is 3.03. The van der Waals surface area contributed by atoms with Gasteiger partial charge in [0.25, 0.3) is 0 Å². The van der Waals surface area contributed by atoms with Crippen LogP contribution in [-0.2, 0) is 23.9 Å². The maximum atomic E-state index is 12.3. The number of benzene rings is 1. The molecule has 1 aromatic carbocycles. The number of methoxy groups -OCH3 is 1. The number of esters is 2. The first-order chi connectivity index (χ1) is 12.3. The van der Waals surface area contributed by atoms with Gasteiger partial charge >= 0.3 is 11.9 Å². The minimum Gasteiger partial charge on any atom is -0.496 e. The second kappa shape index (κ2) is 9.99. The molecule has 0 aromatic heterocycles. The Kier molecular flexibility index (Phi) is 8.03. The number of carbonyl (C=O) groups excluding carboxylic acids is 3. The first-order valence-corrected chi connectivity index (χ1v) is 7.99. The van der Waals surface area contributed by atoms with Crippen LogP contribution in [-0.4, -0.2) is 37.5 Å². The fourth-order valence-corrected chi connectivity index (χ4v) is 2.10. The molecule has 7 nitrogen and oxygen atoms in total. The largest absolute Gasteiger partial charge is 0.496 e. The van der Waals surface area contributed by atoms with Gasteiger partial charge in [0.05, 0.1) is 31.8 Å². The summed E-state index contributed by atoms with van der Waals surface area (Å²) in [4.78, 5) is 35.6. The van der Waals surface area contributed by atoms with Gasteiger partial charge in [0.15, 0.2) is 5.78 Å². The summed E-state index contributed by atoms with van der Waals surface area (Å²) in [5.74, 6) is -1.49. The summed E-state index contributed by atoms with van der Waals surface area (Å²) < 4.78 is 15.1. The minimum atomic E-state index is -0.847. The summed E-state index contributed by atoms with van der Waals surface area (Å²) in [5.41, 5.74) is 0.643. The van der Waals surface area contributed by atoms with Crippen molar-refractivity contribution in [2.45, 2.75) is 33.3 Å². The predicted molar refractivity (Wildman–Crippen MR) is 93.2 cm³/mol. The molecule has 0 radical (unpaired) electrons. The van der Waals surface area contributed by atoms with E-state index in [0.29, 0.717) is 16.9 Å².